The number of carboxylic acids is 1. The molecule has 2 aromatic rings. The first kappa shape index (κ1) is 18.7. The van der Waals surface area contributed by atoms with E-state index in [0.717, 1.165) is 10.0 Å². The van der Waals surface area contributed by atoms with Gasteiger partial charge in [-0.25, -0.2) is 4.79 Å². The maximum atomic E-state index is 12.3. The zero-order valence-electron chi connectivity index (χ0n) is 13.4. The van der Waals surface area contributed by atoms with Gasteiger partial charge in [0, 0.05) is 23.4 Å². The third-order valence-electron chi connectivity index (χ3n) is 3.31. The van der Waals surface area contributed by atoms with Gasteiger partial charge in [-0.1, -0.05) is 34.1 Å². The van der Waals surface area contributed by atoms with Crippen molar-refractivity contribution in [2.24, 2.45) is 0 Å². The fraction of sp³-hybridized carbons (Fsp3) is 0.167. The lowest BCUT2D eigenvalue weighted by Gasteiger charge is -2.15. The van der Waals surface area contributed by atoms with E-state index in [1.807, 2.05) is 0 Å². The van der Waals surface area contributed by atoms with Crippen LogP contribution in [0.15, 0.2) is 53.0 Å². The van der Waals surface area contributed by atoms with E-state index in [4.69, 9.17) is 4.74 Å². The molecule has 0 unspecified atom stereocenters. The molecule has 0 bridgehead atoms. The third-order valence-corrected chi connectivity index (χ3v) is 3.84. The van der Waals surface area contributed by atoms with Crippen molar-refractivity contribution in [2.75, 3.05) is 0 Å². The van der Waals surface area contributed by atoms with E-state index in [0.29, 0.717) is 0 Å². The molecule has 0 saturated carbocycles. The summed E-state index contributed by atoms with van der Waals surface area (Å²) in [6.45, 7) is 1.26. The summed E-state index contributed by atoms with van der Waals surface area (Å²) in [5, 5.41) is 11.9. The Hall–Kier alpha value is -2.67. The molecule has 0 spiro atoms. The smallest absolute Gasteiger partial charge is 0.326 e. The van der Waals surface area contributed by atoms with Gasteiger partial charge < -0.3 is 15.2 Å². The number of esters is 1. The van der Waals surface area contributed by atoms with E-state index in [2.05, 4.69) is 21.2 Å². The van der Waals surface area contributed by atoms with Crippen LogP contribution in [0.4, 0.5) is 0 Å². The van der Waals surface area contributed by atoms with Crippen molar-refractivity contribution in [3.8, 4) is 5.75 Å². The third kappa shape index (κ3) is 5.72. The van der Waals surface area contributed by atoms with Gasteiger partial charge in [-0.2, -0.15) is 0 Å². The van der Waals surface area contributed by atoms with E-state index in [-0.39, 0.29) is 17.7 Å². The van der Waals surface area contributed by atoms with Crippen molar-refractivity contribution in [1.82, 2.24) is 5.32 Å². The highest BCUT2D eigenvalue weighted by Crippen LogP contribution is 2.15. The van der Waals surface area contributed by atoms with Crippen LogP contribution in [0, 0.1) is 0 Å². The van der Waals surface area contributed by atoms with Gasteiger partial charge in [-0.05, 0) is 35.9 Å². The number of carbonyl (C=O) groups excluding carboxylic acids is 2. The zero-order chi connectivity index (χ0) is 18.4. The van der Waals surface area contributed by atoms with E-state index in [1.165, 1.54) is 25.1 Å². The summed E-state index contributed by atoms with van der Waals surface area (Å²) < 4.78 is 5.81. The van der Waals surface area contributed by atoms with Crippen LogP contribution in [0.3, 0.4) is 0 Å². The van der Waals surface area contributed by atoms with Crippen LogP contribution in [0.1, 0.15) is 22.8 Å². The zero-order valence-corrected chi connectivity index (χ0v) is 14.9. The van der Waals surface area contributed by atoms with Crippen LogP contribution in [0.2, 0.25) is 0 Å². The highest BCUT2D eigenvalue weighted by atomic mass is 79.9. The molecule has 0 heterocycles. The molecule has 130 valence electrons. The molecule has 0 aliphatic rings. The molecule has 0 fully saturated rings. The number of ether oxygens (including phenoxy) is 1. The Morgan fingerprint density at radius 1 is 1.16 bits per heavy atom. The van der Waals surface area contributed by atoms with Crippen LogP contribution < -0.4 is 10.1 Å². The summed E-state index contributed by atoms with van der Waals surface area (Å²) in [5.74, 6) is -1.97. The first-order valence-corrected chi connectivity index (χ1v) is 8.21. The Morgan fingerprint density at radius 3 is 2.44 bits per heavy atom. The van der Waals surface area contributed by atoms with Crippen LogP contribution in [-0.4, -0.2) is 29.0 Å². The summed E-state index contributed by atoms with van der Waals surface area (Å²) in [5.41, 5.74) is 0.991. The van der Waals surface area contributed by atoms with Crippen molar-refractivity contribution >= 4 is 33.8 Å². The van der Waals surface area contributed by atoms with Crippen molar-refractivity contribution in [3.05, 3.63) is 64.1 Å². The van der Waals surface area contributed by atoms with Gasteiger partial charge in [0.25, 0.3) is 5.91 Å². The van der Waals surface area contributed by atoms with E-state index >= 15 is 0 Å². The second-order valence-electron chi connectivity index (χ2n) is 5.32. The first-order chi connectivity index (χ1) is 11.8. The summed E-state index contributed by atoms with van der Waals surface area (Å²) in [4.78, 5) is 34.8. The van der Waals surface area contributed by atoms with E-state index in [1.54, 1.807) is 30.3 Å². The average molecular weight is 406 g/mol. The molecule has 1 amide bonds. The topological polar surface area (TPSA) is 92.7 Å². The number of hydrogen-bond donors (Lipinski definition) is 2. The molecule has 2 rings (SSSR count). The minimum Gasteiger partial charge on any atom is -0.480 e. The van der Waals surface area contributed by atoms with Gasteiger partial charge in [0.05, 0.1) is 0 Å². The lowest BCUT2D eigenvalue weighted by molar-refractivity contribution is -0.139. The second kappa shape index (κ2) is 8.43. The van der Waals surface area contributed by atoms with E-state index in [9.17, 15) is 19.5 Å². The standard InChI is InChI=1S/C18H16BrNO5/c1-11(21)25-15-4-2-3-13(10-15)17(22)20-16(18(23)24)9-12-5-7-14(19)8-6-12/h2-8,10,16H,9H2,1H3,(H,20,22)(H,23,24)/t16-/m1/s1. The maximum absolute atomic E-state index is 12.3. The number of carbonyl (C=O) groups is 3. The van der Waals surface area contributed by atoms with Gasteiger partial charge in [0.1, 0.15) is 11.8 Å². The average Bonchev–Trinajstić information content (AvgIpc) is 2.55. The van der Waals surface area contributed by atoms with Crippen molar-refractivity contribution in [1.29, 1.82) is 0 Å². The predicted molar refractivity (Wildman–Crippen MR) is 94.5 cm³/mol. The lowest BCUT2D eigenvalue weighted by atomic mass is 10.1. The van der Waals surface area contributed by atoms with Crippen LogP contribution in [0.5, 0.6) is 5.75 Å². The van der Waals surface area contributed by atoms with Gasteiger partial charge in [0.15, 0.2) is 0 Å². The summed E-state index contributed by atoms with van der Waals surface area (Å²) in [6.07, 6.45) is 0.151. The Kier molecular flexibility index (Phi) is 6.30. The number of benzene rings is 2. The Bertz CT molecular complexity index is 788. The monoisotopic (exact) mass is 405 g/mol. The van der Waals surface area contributed by atoms with Crippen LogP contribution in [0.25, 0.3) is 0 Å². The Balaban J connectivity index is 2.11. The van der Waals surface area contributed by atoms with Crippen LogP contribution >= 0.6 is 15.9 Å². The van der Waals surface area contributed by atoms with Crippen molar-refractivity contribution in [2.45, 2.75) is 19.4 Å². The van der Waals surface area contributed by atoms with E-state index < -0.39 is 23.9 Å². The summed E-state index contributed by atoms with van der Waals surface area (Å²) in [6, 6.07) is 12.1. The molecule has 0 saturated heterocycles. The number of hydrogen-bond acceptors (Lipinski definition) is 4. The van der Waals surface area contributed by atoms with Crippen molar-refractivity contribution in [3.63, 3.8) is 0 Å². The number of halogens is 1. The normalized spacial score (nSPS) is 11.4. The molecule has 0 radical (unpaired) electrons. The molecular formula is C18H16BrNO5. The molecule has 6 nitrogen and oxygen atoms in total. The fourth-order valence-electron chi connectivity index (χ4n) is 2.16. The summed E-state index contributed by atoms with van der Waals surface area (Å²) >= 11 is 3.31. The van der Waals surface area contributed by atoms with Gasteiger partial charge in [-0.15, -0.1) is 0 Å². The molecule has 0 aliphatic carbocycles. The Morgan fingerprint density at radius 2 is 1.84 bits per heavy atom. The summed E-state index contributed by atoms with van der Waals surface area (Å²) in [7, 11) is 0. The second-order valence-corrected chi connectivity index (χ2v) is 6.23. The molecule has 25 heavy (non-hydrogen) atoms. The lowest BCUT2D eigenvalue weighted by Crippen LogP contribution is -2.42. The number of amides is 1. The maximum Gasteiger partial charge on any atom is 0.326 e. The number of aliphatic carboxylic acids is 1. The first-order valence-electron chi connectivity index (χ1n) is 7.42. The van der Waals surface area contributed by atoms with Gasteiger partial charge in [0.2, 0.25) is 0 Å². The molecule has 0 aliphatic heterocycles. The SMILES string of the molecule is CC(=O)Oc1cccc(C(=O)N[C@H](Cc2ccc(Br)cc2)C(=O)O)c1. The Labute approximate surface area is 152 Å². The highest BCUT2D eigenvalue weighted by Gasteiger charge is 2.21. The number of rotatable bonds is 6. The molecule has 0 aromatic heterocycles. The molecule has 7 heteroatoms. The predicted octanol–water partition coefficient (Wildman–Crippen LogP) is 2.80. The number of carboxylic acid groups (broad SMARTS) is 1. The number of nitrogens with one attached hydrogen (secondary N) is 1. The highest BCUT2D eigenvalue weighted by molar-refractivity contribution is 9.10. The van der Waals surface area contributed by atoms with Gasteiger partial charge in [-0.3, -0.25) is 9.59 Å². The van der Waals surface area contributed by atoms with Crippen LogP contribution in [-0.2, 0) is 16.0 Å². The molecule has 2 N–H and O–H groups in total. The molecular weight excluding hydrogens is 390 g/mol. The minimum atomic E-state index is -1.13. The quantitative estimate of drug-likeness (QED) is 0.569. The largest absolute Gasteiger partial charge is 0.480 e. The molecule has 2 aromatic carbocycles. The fourth-order valence-corrected chi connectivity index (χ4v) is 2.43. The minimum absolute atomic E-state index is 0.151. The van der Waals surface area contributed by atoms with Crippen molar-refractivity contribution < 1.29 is 24.2 Å². The van der Waals surface area contributed by atoms with Gasteiger partial charge >= 0.3 is 11.9 Å². The molecule has 1 atom stereocenters.